The maximum absolute atomic E-state index is 12.2. The number of hydrogen-bond donors (Lipinski definition) is 2. The van der Waals surface area contributed by atoms with Gasteiger partial charge >= 0.3 is 0 Å². The van der Waals surface area contributed by atoms with Crippen LogP contribution in [0.4, 0.5) is 5.69 Å². The van der Waals surface area contributed by atoms with E-state index in [0.717, 1.165) is 57.4 Å². The zero-order valence-electron chi connectivity index (χ0n) is 21.3. The maximum Gasteiger partial charge on any atom is 0.224 e. The van der Waals surface area contributed by atoms with E-state index in [0.29, 0.717) is 23.6 Å². The Morgan fingerprint density at radius 2 is 1.95 bits per heavy atom. The Balaban J connectivity index is 1.40. The van der Waals surface area contributed by atoms with Gasteiger partial charge in [0.25, 0.3) is 0 Å². The van der Waals surface area contributed by atoms with E-state index in [-0.39, 0.29) is 5.91 Å². The van der Waals surface area contributed by atoms with Crippen molar-refractivity contribution >= 4 is 33.5 Å². The first-order chi connectivity index (χ1) is 18.5. The smallest absolute Gasteiger partial charge is 0.224 e. The van der Waals surface area contributed by atoms with Crippen LogP contribution in [-0.4, -0.2) is 50.2 Å². The molecule has 0 bridgehead atoms. The van der Waals surface area contributed by atoms with Crippen molar-refractivity contribution in [2.24, 2.45) is 7.05 Å². The fraction of sp³-hybridized carbons (Fsp3) is 0.222. The molecule has 0 aromatic carbocycles. The van der Waals surface area contributed by atoms with Gasteiger partial charge in [-0.05, 0) is 25.5 Å². The molecule has 6 aromatic rings. The van der Waals surface area contributed by atoms with Crippen molar-refractivity contribution in [1.29, 1.82) is 0 Å². The van der Waals surface area contributed by atoms with Crippen LogP contribution >= 0.6 is 0 Å². The number of carbonyl (C=O) groups excluding carboxylic acids is 1. The highest BCUT2D eigenvalue weighted by Gasteiger charge is 2.18. The molecular formula is C27H26N10O. The number of hydrogen-bond acceptors (Lipinski definition) is 7. The van der Waals surface area contributed by atoms with Gasteiger partial charge < -0.3 is 14.9 Å². The second-order valence-corrected chi connectivity index (χ2v) is 9.24. The van der Waals surface area contributed by atoms with Crippen molar-refractivity contribution < 1.29 is 4.79 Å². The maximum atomic E-state index is 12.2. The van der Waals surface area contributed by atoms with Gasteiger partial charge in [-0.2, -0.15) is 5.10 Å². The number of rotatable bonds is 7. The molecular weight excluding hydrogens is 480 g/mol. The lowest BCUT2D eigenvalue weighted by Crippen LogP contribution is -2.11. The number of unbranched alkanes of at least 4 members (excludes halogenated alkanes) is 1. The highest BCUT2D eigenvalue weighted by atomic mass is 16.1. The van der Waals surface area contributed by atoms with Gasteiger partial charge in [-0.1, -0.05) is 13.3 Å². The van der Waals surface area contributed by atoms with Crippen molar-refractivity contribution in [3.63, 3.8) is 0 Å². The zero-order chi connectivity index (χ0) is 26.2. The molecule has 0 aliphatic heterocycles. The molecule has 2 N–H and O–H groups in total. The summed E-state index contributed by atoms with van der Waals surface area (Å²) in [6.07, 6.45) is 14.7. The molecule has 1 amide bonds. The summed E-state index contributed by atoms with van der Waals surface area (Å²) in [5.74, 6) is 0.609. The molecule has 11 nitrogen and oxygen atoms in total. The molecule has 0 saturated carbocycles. The molecule has 38 heavy (non-hydrogen) atoms. The van der Waals surface area contributed by atoms with Crippen molar-refractivity contribution in [2.45, 2.75) is 33.1 Å². The van der Waals surface area contributed by atoms with Gasteiger partial charge in [0, 0.05) is 36.8 Å². The Morgan fingerprint density at radius 1 is 1.08 bits per heavy atom. The summed E-state index contributed by atoms with van der Waals surface area (Å²) in [5.41, 5.74) is 7.03. The van der Waals surface area contributed by atoms with Crippen LogP contribution in [0.1, 0.15) is 31.9 Å². The lowest BCUT2D eigenvalue weighted by atomic mass is 10.1. The number of aromatic nitrogens is 9. The predicted molar refractivity (Wildman–Crippen MR) is 145 cm³/mol. The second kappa shape index (κ2) is 9.51. The molecule has 6 heterocycles. The molecule has 0 spiro atoms. The number of amides is 1. The molecule has 0 aliphatic carbocycles. The molecule has 190 valence electrons. The highest BCUT2D eigenvalue weighted by Crippen LogP contribution is 2.31. The predicted octanol–water partition coefficient (Wildman–Crippen LogP) is 4.59. The fourth-order valence-electron chi connectivity index (χ4n) is 4.47. The van der Waals surface area contributed by atoms with Crippen molar-refractivity contribution in [2.75, 3.05) is 5.32 Å². The van der Waals surface area contributed by atoms with Gasteiger partial charge in [0.05, 0.1) is 64.9 Å². The van der Waals surface area contributed by atoms with Crippen LogP contribution in [0.25, 0.3) is 50.4 Å². The summed E-state index contributed by atoms with van der Waals surface area (Å²) in [6.45, 7) is 4.00. The van der Waals surface area contributed by atoms with Gasteiger partial charge in [0.2, 0.25) is 5.91 Å². The lowest BCUT2D eigenvalue weighted by molar-refractivity contribution is -0.116. The van der Waals surface area contributed by atoms with Crippen LogP contribution < -0.4 is 5.32 Å². The number of imidazole rings is 2. The number of fused-ring (bicyclic) bond motifs is 2. The minimum atomic E-state index is -0.0200. The number of aromatic amines is 1. The van der Waals surface area contributed by atoms with E-state index in [2.05, 4.69) is 37.2 Å². The molecule has 0 unspecified atom stereocenters. The molecule has 11 heteroatoms. The Hall–Kier alpha value is -4.93. The molecule has 6 rings (SSSR count). The number of carbonyl (C=O) groups is 1. The van der Waals surface area contributed by atoms with Gasteiger partial charge in [-0.3, -0.25) is 24.4 Å². The van der Waals surface area contributed by atoms with Crippen LogP contribution in [-0.2, 0) is 11.8 Å². The first-order valence-electron chi connectivity index (χ1n) is 12.4. The molecule has 6 aromatic heterocycles. The summed E-state index contributed by atoms with van der Waals surface area (Å²) < 4.78 is 3.70. The molecule has 0 saturated heterocycles. The summed E-state index contributed by atoms with van der Waals surface area (Å²) in [7, 11) is 1.88. The number of aryl methyl sites for hydroxylation is 2. The molecule has 0 fully saturated rings. The van der Waals surface area contributed by atoms with E-state index in [9.17, 15) is 4.79 Å². The van der Waals surface area contributed by atoms with Crippen LogP contribution in [0.2, 0.25) is 0 Å². The number of nitrogens with one attached hydrogen (secondary N) is 2. The first kappa shape index (κ1) is 23.5. The van der Waals surface area contributed by atoms with Crippen molar-refractivity contribution in [1.82, 2.24) is 44.3 Å². The van der Waals surface area contributed by atoms with Gasteiger partial charge in [-0.25, -0.2) is 9.97 Å². The third-order valence-electron chi connectivity index (χ3n) is 6.40. The second-order valence-electron chi connectivity index (χ2n) is 9.24. The minimum absolute atomic E-state index is 0.0200. The van der Waals surface area contributed by atoms with E-state index >= 15 is 0 Å². The van der Waals surface area contributed by atoms with E-state index in [1.54, 1.807) is 42.0 Å². The zero-order valence-corrected chi connectivity index (χ0v) is 21.3. The SMILES string of the molecule is CCCCC(=O)Nc1cncc(-c2cc3c(-c4nc5c(-n6cnc(C)c6)cncc5[nH]4)nn(C)c3cn2)c1. The monoisotopic (exact) mass is 506 g/mol. The van der Waals surface area contributed by atoms with E-state index in [1.165, 1.54) is 0 Å². The first-order valence-corrected chi connectivity index (χ1v) is 12.4. The molecule has 0 radical (unpaired) electrons. The topological polar surface area (TPSA) is 132 Å². The quantitative estimate of drug-likeness (QED) is 0.324. The number of pyridine rings is 3. The van der Waals surface area contributed by atoms with Crippen LogP contribution in [0.5, 0.6) is 0 Å². The van der Waals surface area contributed by atoms with E-state index < -0.39 is 0 Å². The van der Waals surface area contributed by atoms with Crippen LogP contribution in [0, 0.1) is 6.92 Å². The van der Waals surface area contributed by atoms with Gasteiger partial charge in [0.15, 0.2) is 5.82 Å². The standard InChI is InChI=1S/C27H26N10O/c1-4-5-6-24(38)32-18-7-17(9-28-10-18)20-8-19-22(13-30-20)36(3)35-25(19)27-33-21-11-29-12-23(26(21)34-27)37-14-16(2)31-15-37/h7-15H,4-6H2,1-3H3,(H,32,38)(H,33,34). The number of nitrogens with zero attached hydrogens (tertiary/aromatic N) is 8. The van der Waals surface area contributed by atoms with Crippen LogP contribution in [0.3, 0.4) is 0 Å². The number of anilines is 1. The molecule has 0 aliphatic rings. The summed E-state index contributed by atoms with van der Waals surface area (Å²) >= 11 is 0. The highest BCUT2D eigenvalue weighted by molar-refractivity contribution is 5.96. The summed E-state index contributed by atoms with van der Waals surface area (Å²) in [5, 5.41) is 8.57. The Morgan fingerprint density at radius 3 is 2.76 bits per heavy atom. The van der Waals surface area contributed by atoms with Gasteiger partial charge in [-0.15, -0.1) is 0 Å². The average Bonchev–Trinajstić information content (AvgIpc) is 3.64. The normalized spacial score (nSPS) is 11.4. The Labute approximate surface area is 218 Å². The van der Waals surface area contributed by atoms with Crippen LogP contribution in [0.15, 0.2) is 55.6 Å². The van der Waals surface area contributed by atoms with Crippen molar-refractivity contribution in [3.8, 4) is 28.5 Å². The largest absolute Gasteiger partial charge is 0.335 e. The number of H-pyrrole nitrogens is 1. The Bertz CT molecular complexity index is 1790. The fourth-order valence-corrected chi connectivity index (χ4v) is 4.47. The van der Waals surface area contributed by atoms with E-state index in [4.69, 9.17) is 10.1 Å². The van der Waals surface area contributed by atoms with Crippen molar-refractivity contribution in [3.05, 3.63) is 61.3 Å². The Kier molecular flexibility index (Phi) is 5.87. The van der Waals surface area contributed by atoms with E-state index in [1.807, 2.05) is 36.9 Å². The minimum Gasteiger partial charge on any atom is -0.335 e. The summed E-state index contributed by atoms with van der Waals surface area (Å²) in [6, 6.07) is 3.86. The van der Waals surface area contributed by atoms with Gasteiger partial charge in [0.1, 0.15) is 11.2 Å². The third kappa shape index (κ3) is 4.27. The summed E-state index contributed by atoms with van der Waals surface area (Å²) in [4.78, 5) is 38.2. The average molecular weight is 507 g/mol. The third-order valence-corrected chi connectivity index (χ3v) is 6.40. The molecule has 0 atom stereocenters. The lowest BCUT2D eigenvalue weighted by Gasteiger charge is -2.07.